The second-order valence-corrected chi connectivity index (χ2v) is 7.39. The molecular weight excluding hydrogens is 351 g/mol. The number of pyridine rings is 1. The lowest BCUT2D eigenvalue weighted by molar-refractivity contribution is -0.125. The first-order valence-electron chi connectivity index (χ1n) is 8.68. The number of anilines is 1. The predicted molar refractivity (Wildman–Crippen MR) is 101 cm³/mol. The number of carbonyl (C=O) groups excluding carboxylic acids is 1. The molecule has 1 aliphatic heterocycles. The molecule has 7 heteroatoms. The van der Waals surface area contributed by atoms with Gasteiger partial charge < -0.3 is 10.2 Å². The number of halogens is 1. The molecule has 26 heavy (non-hydrogen) atoms. The lowest BCUT2D eigenvalue weighted by atomic mass is 9.96. The minimum Gasteiger partial charge on any atom is -0.352 e. The molecular formula is C19H19FN4OS. The van der Waals surface area contributed by atoms with Crippen LogP contribution in [0.3, 0.4) is 0 Å². The van der Waals surface area contributed by atoms with Gasteiger partial charge in [-0.05, 0) is 42.7 Å². The molecule has 1 aromatic carbocycles. The summed E-state index contributed by atoms with van der Waals surface area (Å²) < 4.78 is 12.9. The Morgan fingerprint density at radius 1 is 1.23 bits per heavy atom. The van der Waals surface area contributed by atoms with Gasteiger partial charge in [-0.2, -0.15) is 0 Å². The zero-order valence-electron chi connectivity index (χ0n) is 14.2. The van der Waals surface area contributed by atoms with E-state index in [1.165, 1.54) is 12.1 Å². The van der Waals surface area contributed by atoms with Crippen molar-refractivity contribution < 1.29 is 9.18 Å². The number of carbonyl (C=O) groups is 1. The van der Waals surface area contributed by atoms with Crippen LogP contribution < -0.4 is 10.2 Å². The van der Waals surface area contributed by atoms with Crippen molar-refractivity contribution in [2.45, 2.75) is 19.4 Å². The van der Waals surface area contributed by atoms with Gasteiger partial charge in [0.2, 0.25) is 5.91 Å². The monoisotopic (exact) mass is 370 g/mol. The molecule has 1 saturated heterocycles. The Labute approximate surface area is 154 Å². The van der Waals surface area contributed by atoms with Crippen LogP contribution in [0.15, 0.2) is 42.6 Å². The summed E-state index contributed by atoms with van der Waals surface area (Å²) in [4.78, 5) is 24.6. The van der Waals surface area contributed by atoms with Crippen LogP contribution in [-0.2, 0) is 11.3 Å². The van der Waals surface area contributed by atoms with Crippen molar-refractivity contribution in [3.8, 4) is 0 Å². The van der Waals surface area contributed by atoms with Gasteiger partial charge in [0.25, 0.3) is 0 Å². The van der Waals surface area contributed by atoms with Crippen molar-refractivity contribution in [2.24, 2.45) is 5.92 Å². The summed E-state index contributed by atoms with van der Waals surface area (Å²) in [5, 5.41) is 3.94. The number of rotatable bonds is 4. The fourth-order valence-electron chi connectivity index (χ4n) is 3.16. The normalized spacial score (nSPS) is 15.3. The van der Waals surface area contributed by atoms with Gasteiger partial charge in [0.15, 0.2) is 5.13 Å². The molecule has 1 amide bonds. The average molecular weight is 370 g/mol. The summed E-state index contributed by atoms with van der Waals surface area (Å²) in [5.41, 5.74) is 1.82. The quantitative estimate of drug-likeness (QED) is 0.765. The number of piperidine rings is 1. The van der Waals surface area contributed by atoms with Gasteiger partial charge in [-0.3, -0.25) is 4.79 Å². The SMILES string of the molecule is O=C(NCc1ccc(F)cc1)C1CCN(c2nc3cccnc3s2)CC1. The third-order valence-electron chi connectivity index (χ3n) is 4.67. The van der Waals surface area contributed by atoms with Gasteiger partial charge in [-0.15, -0.1) is 0 Å². The highest BCUT2D eigenvalue weighted by Gasteiger charge is 2.26. The van der Waals surface area contributed by atoms with Crippen molar-refractivity contribution in [1.82, 2.24) is 15.3 Å². The van der Waals surface area contributed by atoms with Gasteiger partial charge in [0.05, 0.1) is 0 Å². The maximum absolute atomic E-state index is 12.9. The third kappa shape index (κ3) is 3.67. The Hall–Kier alpha value is -2.54. The molecule has 0 atom stereocenters. The number of benzene rings is 1. The average Bonchev–Trinajstić information content (AvgIpc) is 3.12. The minimum absolute atomic E-state index is 0.0131. The molecule has 0 radical (unpaired) electrons. The van der Waals surface area contributed by atoms with E-state index in [4.69, 9.17) is 0 Å². The van der Waals surface area contributed by atoms with Crippen LogP contribution in [0.25, 0.3) is 10.3 Å². The van der Waals surface area contributed by atoms with E-state index in [9.17, 15) is 9.18 Å². The van der Waals surface area contributed by atoms with Gasteiger partial charge >= 0.3 is 0 Å². The highest BCUT2D eigenvalue weighted by Crippen LogP contribution is 2.30. The summed E-state index contributed by atoms with van der Waals surface area (Å²) in [6.07, 6.45) is 3.39. The van der Waals surface area contributed by atoms with Gasteiger partial charge in [-0.1, -0.05) is 23.5 Å². The van der Waals surface area contributed by atoms with Crippen LogP contribution in [0, 0.1) is 11.7 Å². The molecule has 3 heterocycles. The van der Waals surface area contributed by atoms with E-state index < -0.39 is 0 Å². The first-order chi connectivity index (χ1) is 12.7. The number of hydrogen-bond donors (Lipinski definition) is 1. The predicted octanol–water partition coefficient (Wildman–Crippen LogP) is 3.36. The number of thiazole rings is 1. The van der Waals surface area contributed by atoms with E-state index in [0.717, 1.165) is 47.0 Å². The smallest absolute Gasteiger partial charge is 0.223 e. The molecule has 0 unspecified atom stereocenters. The van der Waals surface area contributed by atoms with Crippen LogP contribution in [0.2, 0.25) is 0 Å². The van der Waals surface area contributed by atoms with E-state index in [1.807, 2.05) is 12.1 Å². The van der Waals surface area contributed by atoms with E-state index >= 15 is 0 Å². The molecule has 5 nitrogen and oxygen atoms in total. The topological polar surface area (TPSA) is 58.1 Å². The molecule has 0 bridgehead atoms. The summed E-state index contributed by atoms with van der Waals surface area (Å²) in [6.45, 7) is 2.06. The van der Waals surface area contributed by atoms with Gasteiger partial charge in [0, 0.05) is 31.7 Å². The Kier molecular flexibility index (Phi) is 4.79. The van der Waals surface area contributed by atoms with Crippen molar-refractivity contribution in [3.63, 3.8) is 0 Å². The van der Waals surface area contributed by atoms with Gasteiger partial charge in [0.1, 0.15) is 16.2 Å². The number of fused-ring (bicyclic) bond motifs is 1. The highest BCUT2D eigenvalue weighted by atomic mass is 32.1. The second kappa shape index (κ2) is 7.37. The first-order valence-corrected chi connectivity index (χ1v) is 9.49. The first kappa shape index (κ1) is 16.9. The third-order valence-corrected chi connectivity index (χ3v) is 5.71. The van der Waals surface area contributed by atoms with Crippen LogP contribution in [0.1, 0.15) is 18.4 Å². The van der Waals surface area contributed by atoms with Crippen LogP contribution in [0.4, 0.5) is 9.52 Å². The van der Waals surface area contributed by atoms with Crippen molar-refractivity contribution in [1.29, 1.82) is 0 Å². The molecule has 0 spiro atoms. The maximum atomic E-state index is 12.9. The number of hydrogen-bond acceptors (Lipinski definition) is 5. The lowest BCUT2D eigenvalue weighted by Gasteiger charge is -2.31. The Morgan fingerprint density at radius 2 is 2.00 bits per heavy atom. The van der Waals surface area contributed by atoms with Gasteiger partial charge in [-0.25, -0.2) is 14.4 Å². The van der Waals surface area contributed by atoms with Crippen LogP contribution >= 0.6 is 11.3 Å². The van der Waals surface area contributed by atoms with E-state index in [2.05, 4.69) is 20.2 Å². The summed E-state index contributed by atoms with van der Waals surface area (Å²) in [5.74, 6) is -0.184. The summed E-state index contributed by atoms with van der Waals surface area (Å²) >= 11 is 1.59. The van der Waals surface area contributed by atoms with Crippen molar-refractivity contribution >= 4 is 32.7 Å². The van der Waals surface area contributed by atoms with Crippen molar-refractivity contribution in [3.05, 3.63) is 54.0 Å². The Morgan fingerprint density at radius 3 is 2.73 bits per heavy atom. The van der Waals surface area contributed by atoms with E-state index in [0.29, 0.717) is 6.54 Å². The minimum atomic E-state index is -0.266. The molecule has 0 aliphatic carbocycles. The molecule has 2 aromatic heterocycles. The Balaban J connectivity index is 1.31. The zero-order valence-corrected chi connectivity index (χ0v) is 15.0. The Bertz CT molecular complexity index is 870. The highest BCUT2D eigenvalue weighted by molar-refractivity contribution is 7.21. The molecule has 4 rings (SSSR count). The molecule has 134 valence electrons. The van der Waals surface area contributed by atoms with Crippen LogP contribution in [-0.4, -0.2) is 29.0 Å². The van der Waals surface area contributed by atoms with E-state index in [1.54, 1.807) is 29.7 Å². The maximum Gasteiger partial charge on any atom is 0.223 e. The van der Waals surface area contributed by atoms with Crippen LogP contribution in [0.5, 0.6) is 0 Å². The van der Waals surface area contributed by atoms with Crippen molar-refractivity contribution in [2.75, 3.05) is 18.0 Å². The molecule has 1 aliphatic rings. The number of nitrogens with zero attached hydrogens (tertiary/aromatic N) is 3. The fourth-order valence-corrected chi connectivity index (χ4v) is 4.12. The summed E-state index contributed by atoms with van der Waals surface area (Å²) in [7, 11) is 0. The lowest BCUT2D eigenvalue weighted by Crippen LogP contribution is -2.40. The zero-order chi connectivity index (χ0) is 17.9. The second-order valence-electron chi connectivity index (χ2n) is 6.43. The largest absolute Gasteiger partial charge is 0.352 e. The number of amides is 1. The number of nitrogens with one attached hydrogen (secondary N) is 1. The standard InChI is InChI=1S/C19H19FN4OS/c20-15-5-3-13(4-6-15)12-22-17(25)14-7-10-24(11-8-14)19-23-16-2-1-9-21-18(16)26-19/h1-6,9,14H,7-8,10-12H2,(H,22,25). The molecule has 1 N–H and O–H groups in total. The fraction of sp³-hybridized carbons (Fsp3) is 0.316. The van der Waals surface area contributed by atoms with E-state index in [-0.39, 0.29) is 17.6 Å². The summed E-state index contributed by atoms with van der Waals surface area (Å²) in [6, 6.07) is 10.1. The molecule has 3 aromatic rings. The molecule has 0 saturated carbocycles. The molecule has 1 fully saturated rings. The number of aromatic nitrogens is 2.